The van der Waals surface area contributed by atoms with E-state index in [4.69, 9.17) is 10.5 Å². The molecule has 0 amide bonds. The Morgan fingerprint density at radius 2 is 1.95 bits per heavy atom. The first kappa shape index (κ1) is 20.2. The smallest absolute Gasteiger partial charge is 0.188 e. The summed E-state index contributed by atoms with van der Waals surface area (Å²) in [5, 5.41) is 3.09. The van der Waals surface area contributed by atoms with Gasteiger partial charge in [0.2, 0.25) is 0 Å². The molecule has 0 saturated carbocycles. The van der Waals surface area contributed by atoms with Gasteiger partial charge in [-0.05, 0) is 24.8 Å². The third kappa shape index (κ3) is 11.5. The Bertz CT molecular complexity index is 371. The summed E-state index contributed by atoms with van der Waals surface area (Å²) in [6.07, 6.45) is 4.16. The molecule has 0 radical (unpaired) electrons. The Hall–Kier alpha value is -0.820. The first-order valence-corrected chi connectivity index (χ1v) is 7.48. The molecule has 3 N–H and O–H groups in total. The fourth-order valence-electron chi connectivity index (χ4n) is 1.75. The molecule has 1 rings (SSSR count). The highest BCUT2D eigenvalue weighted by Gasteiger charge is 1.93. The summed E-state index contributed by atoms with van der Waals surface area (Å²) in [6.45, 7) is 5.27. The van der Waals surface area contributed by atoms with Gasteiger partial charge < -0.3 is 15.8 Å². The standard InChI is InChI=1S/C16H27N3O.HI/c1-2-3-11-18-16(17)19-12-7-13-20-14-10-15-8-5-4-6-9-15;/h4-6,8-9H,2-3,7,10-14H2,1H3,(H3,17,18,19);1H. The minimum absolute atomic E-state index is 0. The third-order valence-electron chi connectivity index (χ3n) is 2.94. The zero-order valence-electron chi connectivity index (χ0n) is 12.9. The van der Waals surface area contributed by atoms with Crippen molar-refractivity contribution in [2.75, 3.05) is 26.3 Å². The molecule has 0 saturated heterocycles. The molecule has 1 aromatic rings. The van der Waals surface area contributed by atoms with Crippen LogP contribution in [0.1, 0.15) is 31.7 Å². The van der Waals surface area contributed by atoms with Crippen LogP contribution in [-0.2, 0) is 11.2 Å². The summed E-state index contributed by atoms with van der Waals surface area (Å²) in [6, 6.07) is 10.4. The van der Waals surface area contributed by atoms with Crippen molar-refractivity contribution in [3.63, 3.8) is 0 Å². The number of rotatable bonds is 10. The lowest BCUT2D eigenvalue weighted by Gasteiger charge is -2.05. The quantitative estimate of drug-likeness (QED) is 0.272. The van der Waals surface area contributed by atoms with E-state index in [0.29, 0.717) is 5.96 Å². The number of nitrogens with two attached hydrogens (primary N) is 1. The van der Waals surface area contributed by atoms with Crippen molar-refractivity contribution in [3.8, 4) is 0 Å². The van der Waals surface area contributed by atoms with Gasteiger partial charge in [-0.3, -0.25) is 4.99 Å². The Kier molecular flexibility index (Phi) is 13.6. The molecular weight excluding hydrogens is 377 g/mol. The van der Waals surface area contributed by atoms with E-state index >= 15 is 0 Å². The van der Waals surface area contributed by atoms with Gasteiger partial charge in [0.05, 0.1) is 6.61 Å². The van der Waals surface area contributed by atoms with Crippen LogP contribution in [0, 0.1) is 0 Å². The highest BCUT2D eigenvalue weighted by atomic mass is 127. The molecule has 0 aliphatic rings. The lowest BCUT2D eigenvalue weighted by Crippen LogP contribution is -2.32. The number of unbranched alkanes of at least 4 members (excludes halogenated alkanes) is 1. The van der Waals surface area contributed by atoms with Crippen molar-refractivity contribution in [3.05, 3.63) is 35.9 Å². The number of benzene rings is 1. The number of nitrogens with one attached hydrogen (secondary N) is 1. The molecule has 0 unspecified atom stereocenters. The SMILES string of the molecule is CCCCNC(N)=NCCCOCCc1ccccc1.I. The summed E-state index contributed by atoms with van der Waals surface area (Å²) < 4.78 is 5.59. The lowest BCUT2D eigenvalue weighted by atomic mass is 10.2. The van der Waals surface area contributed by atoms with Gasteiger partial charge in [0.15, 0.2) is 5.96 Å². The lowest BCUT2D eigenvalue weighted by molar-refractivity contribution is 0.136. The second-order valence-electron chi connectivity index (χ2n) is 4.75. The van der Waals surface area contributed by atoms with Crippen molar-refractivity contribution in [1.29, 1.82) is 0 Å². The van der Waals surface area contributed by atoms with E-state index in [1.54, 1.807) is 0 Å². The fourth-order valence-corrected chi connectivity index (χ4v) is 1.75. The molecule has 0 aliphatic carbocycles. The van der Waals surface area contributed by atoms with Crippen molar-refractivity contribution >= 4 is 29.9 Å². The third-order valence-corrected chi connectivity index (χ3v) is 2.94. The van der Waals surface area contributed by atoms with Crippen molar-refractivity contribution in [2.24, 2.45) is 10.7 Å². The molecule has 120 valence electrons. The Morgan fingerprint density at radius 1 is 1.19 bits per heavy atom. The maximum Gasteiger partial charge on any atom is 0.188 e. The molecule has 0 fully saturated rings. The van der Waals surface area contributed by atoms with Gasteiger partial charge in [-0.2, -0.15) is 0 Å². The van der Waals surface area contributed by atoms with Crippen LogP contribution in [-0.4, -0.2) is 32.3 Å². The second kappa shape index (κ2) is 14.1. The minimum Gasteiger partial charge on any atom is -0.381 e. The summed E-state index contributed by atoms with van der Waals surface area (Å²) in [5.74, 6) is 0.544. The molecule has 21 heavy (non-hydrogen) atoms. The van der Waals surface area contributed by atoms with Gasteiger partial charge >= 0.3 is 0 Å². The van der Waals surface area contributed by atoms with Crippen LogP contribution in [0.2, 0.25) is 0 Å². The van der Waals surface area contributed by atoms with E-state index in [1.165, 1.54) is 5.56 Å². The number of hydrogen-bond acceptors (Lipinski definition) is 2. The summed E-state index contributed by atoms with van der Waals surface area (Å²) in [5.41, 5.74) is 7.04. The van der Waals surface area contributed by atoms with Gasteiger partial charge in [0.1, 0.15) is 0 Å². The van der Waals surface area contributed by atoms with E-state index in [0.717, 1.165) is 52.0 Å². The van der Waals surface area contributed by atoms with Crippen LogP contribution in [0.5, 0.6) is 0 Å². The summed E-state index contributed by atoms with van der Waals surface area (Å²) in [7, 11) is 0. The summed E-state index contributed by atoms with van der Waals surface area (Å²) in [4.78, 5) is 4.26. The van der Waals surface area contributed by atoms with Crippen LogP contribution in [0.4, 0.5) is 0 Å². The Morgan fingerprint density at radius 3 is 2.67 bits per heavy atom. The molecule has 0 aromatic heterocycles. The van der Waals surface area contributed by atoms with Crippen molar-refractivity contribution in [1.82, 2.24) is 5.32 Å². The number of hydrogen-bond donors (Lipinski definition) is 2. The fraction of sp³-hybridized carbons (Fsp3) is 0.562. The molecular formula is C16H28IN3O. The number of aliphatic imine (C=N–C) groups is 1. The average Bonchev–Trinajstić information content (AvgIpc) is 2.47. The predicted octanol–water partition coefficient (Wildman–Crippen LogP) is 2.96. The molecule has 0 aliphatic heterocycles. The van der Waals surface area contributed by atoms with E-state index < -0.39 is 0 Å². The van der Waals surface area contributed by atoms with E-state index in [1.807, 2.05) is 6.07 Å². The molecule has 0 atom stereocenters. The van der Waals surface area contributed by atoms with Gasteiger partial charge in [-0.25, -0.2) is 0 Å². The van der Waals surface area contributed by atoms with Crippen molar-refractivity contribution in [2.45, 2.75) is 32.6 Å². The van der Waals surface area contributed by atoms with Crippen LogP contribution in [0.25, 0.3) is 0 Å². The highest BCUT2D eigenvalue weighted by molar-refractivity contribution is 14.0. The molecule has 4 nitrogen and oxygen atoms in total. The largest absolute Gasteiger partial charge is 0.381 e. The van der Waals surface area contributed by atoms with Gasteiger partial charge in [0, 0.05) is 19.7 Å². The Balaban J connectivity index is 0.00000400. The monoisotopic (exact) mass is 405 g/mol. The van der Waals surface area contributed by atoms with Crippen LogP contribution in [0.15, 0.2) is 35.3 Å². The molecule has 0 bridgehead atoms. The molecule has 0 heterocycles. The topological polar surface area (TPSA) is 59.6 Å². The number of guanidine groups is 1. The van der Waals surface area contributed by atoms with Crippen LogP contribution in [0.3, 0.4) is 0 Å². The highest BCUT2D eigenvalue weighted by Crippen LogP contribution is 1.99. The first-order valence-electron chi connectivity index (χ1n) is 7.48. The number of nitrogens with zero attached hydrogens (tertiary/aromatic N) is 1. The molecule has 5 heteroatoms. The van der Waals surface area contributed by atoms with Crippen LogP contribution < -0.4 is 11.1 Å². The first-order chi connectivity index (χ1) is 9.83. The van der Waals surface area contributed by atoms with E-state index in [9.17, 15) is 0 Å². The average molecular weight is 405 g/mol. The van der Waals surface area contributed by atoms with Crippen molar-refractivity contribution < 1.29 is 4.74 Å². The molecule has 1 aromatic carbocycles. The van der Waals surface area contributed by atoms with Gasteiger partial charge in [0.25, 0.3) is 0 Å². The zero-order valence-corrected chi connectivity index (χ0v) is 15.2. The van der Waals surface area contributed by atoms with Gasteiger partial charge in [-0.15, -0.1) is 24.0 Å². The van der Waals surface area contributed by atoms with Crippen LogP contribution >= 0.6 is 24.0 Å². The number of ether oxygens (including phenoxy) is 1. The summed E-state index contributed by atoms with van der Waals surface area (Å²) >= 11 is 0. The Labute approximate surface area is 145 Å². The second-order valence-corrected chi connectivity index (χ2v) is 4.75. The van der Waals surface area contributed by atoms with E-state index in [2.05, 4.69) is 41.5 Å². The maximum absolute atomic E-state index is 5.73. The van der Waals surface area contributed by atoms with E-state index in [-0.39, 0.29) is 24.0 Å². The van der Waals surface area contributed by atoms with Gasteiger partial charge in [-0.1, -0.05) is 43.7 Å². The molecule has 0 spiro atoms. The number of halogens is 1. The maximum atomic E-state index is 5.73. The zero-order chi connectivity index (χ0) is 14.5. The minimum atomic E-state index is 0. The predicted molar refractivity (Wildman–Crippen MR) is 100 cm³/mol. The normalized spacial score (nSPS) is 11.0.